The monoisotopic (exact) mass is 516 g/mol. The summed E-state index contributed by atoms with van der Waals surface area (Å²) >= 11 is 0. The second kappa shape index (κ2) is 13.6. The molecular formula is C30H32N2O6. The molecule has 1 atom stereocenters. The van der Waals surface area contributed by atoms with E-state index in [1.54, 1.807) is 26.2 Å². The van der Waals surface area contributed by atoms with Crippen LogP contribution < -0.4 is 15.4 Å². The molecule has 1 unspecified atom stereocenters. The Labute approximate surface area is 222 Å². The van der Waals surface area contributed by atoms with E-state index in [0.29, 0.717) is 24.0 Å². The number of rotatable bonds is 12. The molecule has 0 saturated heterocycles. The van der Waals surface area contributed by atoms with Gasteiger partial charge in [0.25, 0.3) is 5.91 Å². The van der Waals surface area contributed by atoms with E-state index in [1.807, 2.05) is 54.6 Å². The first-order valence-corrected chi connectivity index (χ1v) is 12.3. The van der Waals surface area contributed by atoms with Crippen molar-refractivity contribution < 1.29 is 29.3 Å². The summed E-state index contributed by atoms with van der Waals surface area (Å²) in [6.45, 7) is 2.04. The first kappa shape index (κ1) is 28.0. The maximum atomic E-state index is 13.1. The topological polar surface area (TPSA) is 125 Å². The molecule has 0 aliphatic heterocycles. The van der Waals surface area contributed by atoms with Crippen molar-refractivity contribution in [3.8, 4) is 17.2 Å². The zero-order valence-corrected chi connectivity index (χ0v) is 21.4. The van der Waals surface area contributed by atoms with Gasteiger partial charge in [0.15, 0.2) is 11.5 Å². The summed E-state index contributed by atoms with van der Waals surface area (Å²) in [6.07, 6.45) is 2.58. The molecule has 0 radical (unpaired) electrons. The number of Topliss-reactive ketones (excluding diaryl/α,β-unsaturated/α-hetero) is 1. The smallest absolute Gasteiger partial charge is 0.289 e. The van der Waals surface area contributed by atoms with Crippen LogP contribution >= 0.6 is 0 Å². The van der Waals surface area contributed by atoms with Gasteiger partial charge in [-0.1, -0.05) is 55.5 Å². The van der Waals surface area contributed by atoms with Gasteiger partial charge in [0.1, 0.15) is 11.8 Å². The predicted octanol–water partition coefficient (Wildman–Crippen LogP) is 3.56. The van der Waals surface area contributed by atoms with Crippen LogP contribution in [0.15, 0.2) is 78.4 Å². The minimum absolute atomic E-state index is 0.147. The Hall–Kier alpha value is -4.59. The Balaban J connectivity index is 1.71. The predicted molar refractivity (Wildman–Crippen MR) is 145 cm³/mol. The molecule has 8 nitrogen and oxygen atoms in total. The number of carbonyl (C=O) groups is 3. The molecule has 0 aliphatic carbocycles. The summed E-state index contributed by atoms with van der Waals surface area (Å²) in [5, 5.41) is 24.7. The van der Waals surface area contributed by atoms with Gasteiger partial charge in [-0.2, -0.15) is 0 Å². The van der Waals surface area contributed by atoms with Crippen LogP contribution in [0.25, 0.3) is 6.08 Å². The van der Waals surface area contributed by atoms with Gasteiger partial charge < -0.3 is 25.6 Å². The molecule has 38 heavy (non-hydrogen) atoms. The lowest BCUT2D eigenvalue weighted by Crippen LogP contribution is -2.49. The number of ketones is 1. The molecule has 0 bridgehead atoms. The van der Waals surface area contributed by atoms with Gasteiger partial charge >= 0.3 is 0 Å². The molecular weight excluding hydrogens is 484 g/mol. The minimum Gasteiger partial charge on any atom is -0.504 e. The van der Waals surface area contributed by atoms with E-state index in [-0.39, 0.29) is 24.5 Å². The summed E-state index contributed by atoms with van der Waals surface area (Å²) in [7, 11) is 1.59. The minimum atomic E-state index is -1.07. The molecule has 198 valence electrons. The van der Waals surface area contributed by atoms with Crippen LogP contribution in [0, 0.1) is 0 Å². The van der Waals surface area contributed by atoms with Crippen LogP contribution in [-0.4, -0.2) is 47.5 Å². The number of phenolic OH excluding ortho intramolecular Hbond substituents is 2. The molecule has 2 amide bonds. The van der Waals surface area contributed by atoms with Crippen molar-refractivity contribution in [2.45, 2.75) is 32.2 Å². The third-order valence-electron chi connectivity index (χ3n) is 6.00. The molecule has 0 aliphatic rings. The Bertz CT molecular complexity index is 1290. The van der Waals surface area contributed by atoms with E-state index < -0.39 is 23.6 Å². The van der Waals surface area contributed by atoms with Crippen LogP contribution in [0.1, 0.15) is 30.0 Å². The number of methoxy groups -OCH3 is 1. The van der Waals surface area contributed by atoms with Crippen molar-refractivity contribution in [3.63, 3.8) is 0 Å². The van der Waals surface area contributed by atoms with Gasteiger partial charge in [0, 0.05) is 18.5 Å². The first-order chi connectivity index (χ1) is 18.3. The Morgan fingerprint density at radius 1 is 0.895 bits per heavy atom. The molecule has 4 N–H and O–H groups in total. The van der Waals surface area contributed by atoms with E-state index in [2.05, 4.69) is 10.6 Å². The van der Waals surface area contributed by atoms with Gasteiger partial charge in [-0.3, -0.25) is 14.4 Å². The van der Waals surface area contributed by atoms with Crippen molar-refractivity contribution in [3.05, 3.63) is 95.1 Å². The highest BCUT2D eigenvalue weighted by atomic mass is 16.5. The van der Waals surface area contributed by atoms with Crippen LogP contribution in [0.5, 0.6) is 17.2 Å². The molecule has 0 spiro atoms. The summed E-state index contributed by atoms with van der Waals surface area (Å²) in [4.78, 5) is 39.0. The van der Waals surface area contributed by atoms with Crippen LogP contribution in [0.3, 0.4) is 0 Å². The number of benzene rings is 3. The number of hydrogen-bond acceptors (Lipinski definition) is 6. The van der Waals surface area contributed by atoms with E-state index >= 15 is 0 Å². The maximum Gasteiger partial charge on any atom is 0.289 e. The second-order valence-corrected chi connectivity index (χ2v) is 8.71. The van der Waals surface area contributed by atoms with Gasteiger partial charge in [-0.25, -0.2) is 0 Å². The lowest BCUT2D eigenvalue weighted by molar-refractivity contribution is -0.139. The molecule has 0 heterocycles. The fourth-order valence-corrected chi connectivity index (χ4v) is 3.83. The molecule has 3 rings (SSSR count). The molecule has 8 heteroatoms. The fourth-order valence-electron chi connectivity index (χ4n) is 3.83. The number of ether oxygens (including phenoxy) is 1. The third kappa shape index (κ3) is 7.96. The zero-order chi connectivity index (χ0) is 27.5. The Morgan fingerprint density at radius 2 is 1.61 bits per heavy atom. The van der Waals surface area contributed by atoms with Gasteiger partial charge in [0.05, 0.1) is 7.11 Å². The van der Waals surface area contributed by atoms with Gasteiger partial charge in [-0.05, 0) is 59.9 Å². The van der Waals surface area contributed by atoms with Crippen molar-refractivity contribution in [2.75, 3.05) is 13.7 Å². The van der Waals surface area contributed by atoms with E-state index in [9.17, 15) is 24.6 Å². The molecule has 3 aromatic rings. The SMILES string of the molecule is CCC(=Cc1ccc(O)c(O)c1)C(=O)NC(Cc1ccccc1)C(=O)C(=O)NCCc1ccc(OC)cc1. The second-order valence-electron chi connectivity index (χ2n) is 8.71. The first-order valence-electron chi connectivity index (χ1n) is 12.3. The average molecular weight is 517 g/mol. The average Bonchev–Trinajstić information content (AvgIpc) is 2.93. The summed E-state index contributed by atoms with van der Waals surface area (Å²) < 4.78 is 5.14. The van der Waals surface area contributed by atoms with E-state index in [0.717, 1.165) is 16.9 Å². The zero-order valence-electron chi connectivity index (χ0n) is 21.4. The highest BCUT2D eigenvalue weighted by molar-refractivity contribution is 6.38. The number of aromatic hydroxyl groups is 2. The van der Waals surface area contributed by atoms with Crippen molar-refractivity contribution in [1.29, 1.82) is 0 Å². The number of phenols is 2. The summed E-state index contributed by atoms with van der Waals surface area (Å²) in [5.74, 6) is -1.86. The molecule has 0 fully saturated rings. The van der Waals surface area contributed by atoms with Crippen molar-refractivity contribution in [2.24, 2.45) is 0 Å². The Kier molecular flexibility index (Phi) is 10.0. The van der Waals surface area contributed by atoms with E-state index in [4.69, 9.17) is 4.74 Å². The number of hydrogen-bond donors (Lipinski definition) is 4. The summed E-state index contributed by atoms with van der Waals surface area (Å²) in [6, 6.07) is 19.7. The van der Waals surface area contributed by atoms with Crippen molar-refractivity contribution in [1.82, 2.24) is 10.6 Å². The molecule has 0 saturated carbocycles. The standard InChI is InChI=1S/C30H32N2O6/c1-3-23(17-22-11-14-26(33)27(34)19-22)29(36)32-25(18-21-7-5-4-6-8-21)28(35)30(37)31-16-15-20-9-12-24(38-2)13-10-20/h4-14,17,19,25,33-34H,3,15-16,18H2,1-2H3,(H,31,37)(H,32,36). The fraction of sp³-hybridized carbons (Fsp3) is 0.233. The van der Waals surface area contributed by atoms with Crippen LogP contribution in [-0.2, 0) is 27.2 Å². The lowest BCUT2D eigenvalue weighted by atomic mass is 10.0. The number of nitrogens with one attached hydrogen (secondary N) is 2. The highest BCUT2D eigenvalue weighted by Gasteiger charge is 2.27. The highest BCUT2D eigenvalue weighted by Crippen LogP contribution is 2.26. The van der Waals surface area contributed by atoms with E-state index in [1.165, 1.54) is 12.1 Å². The van der Waals surface area contributed by atoms with Crippen LogP contribution in [0.4, 0.5) is 0 Å². The largest absolute Gasteiger partial charge is 0.504 e. The quantitative estimate of drug-likeness (QED) is 0.166. The molecule has 3 aromatic carbocycles. The lowest BCUT2D eigenvalue weighted by Gasteiger charge is -2.18. The summed E-state index contributed by atoms with van der Waals surface area (Å²) in [5.41, 5.74) is 2.63. The number of carbonyl (C=O) groups excluding carboxylic acids is 3. The van der Waals surface area contributed by atoms with Crippen molar-refractivity contribution >= 4 is 23.7 Å². The van der Waals surface area contributed by atoms with Crippen LogP contribution in [0.2, 0.25) is 0 Å². The normalized spacial score (nSPS) is 11.9. The van der Waals surface area contributed by atoms with Gasteiger partial charge in [0.2, 0.25) is 11.7 Å². The van der Waals surface area contributed by atoms with Gasteiger partial charge in [-0.15, -0.1) is 0 Å². The Morgan fingerprint density at radius 3 is 2.24 bits per heavy atom. The molecule has 0 aromatic heterocycles. The maximum absolute atomic E-state index is 13.1. The third-order valence-corrected chi connectivity index (χ3v) is 6.00. The number of amides is 2.